The lowest BCUT2D eigenvalue weighted by Crippen LogP contribution is -2.12. The fourth-order valence-corrected chi connectivity index (χ4v) is 3.57. The Morgan fingerprint density at radius 3 is 2.76 bits per heavy atom. The first-order valence-electron chi connectivity index (χ1n) is 4.54. The van der Waals surface area contributed by atoms with Crippen molar-refractivity contribution < 1.29 is 8.42 Å². The minimum absolute atomic E-state index is 0.0821. The van der Waals surface area contributed by atoms with Crippen LogP contribution in [-0.2, 0) is 10.0 Å². The third-order valence-electron chi connectivity index (χ3n) is 1.99. The summed E-state index contributed by atoms with van der Waals surface area (Å²) in [4.78, 5) is 7.59. The molecule has 8 heteroatoms. The van der Waals surface area contributed by atoms with Gasteiger partial charge in [0.05, 0.1) is 11.9 Å². The number of hydrogen-bond donors (Lipinski definition) is 1. The number of anilines is 1. The molecule has 17 heavy (non-hydrogen) atoms. The molecule has 2 rings (SSSR count). The zero-order valence-electron chi connectivity index (χ0n) is 8.71. The molecule has 5 nitrogen and oxygen atoms in total. The Morgan fingerprint density at radius 2 is 2.18 bits per heavy atom. The van der Waals surface area contributed by atoms with Crippen LogP contribution >= 0.6 is 22.9 Å². The van der Waals surface area contributed by atoms with Gasteiger partial charge in [-0.15, -0.1) is 0 Å². The van der Waals surface area contributed by atoms with Gasteiger partial charge in [-0.25, -0.2) is 13.4 Å². The van der Waals surface area contributed by atoms with E-state index in [2.05, 4.69) is 14.7 Å². The first-order chi connectivity index (χ1) is 7.99. The summed E-state index contributed by atoms with van der Waals surface area (Å²) in [5.41, 5.74) is 1.23. The molecular formula is C9H8ClN3O2S2. The predicted molar refractivity (Wildman–Crippen MR) is 66.9 cm³/mol. The van der Waals surface area contributed by atoms with Crippen LogP contribution in [0.1, 0.15) is 5.56 Å². The van der Waals surface area contributed by atoms with Crippen molar-refractivity contribution in [2.45, 2.75) is 11.1 Å². The Morgan fingerprint density at radius 1 is 1.41 bits per heavy atom. The number of sulfonamides is 1. The molecule has 0 aliphatic heterocycles. The minimum Gasteiger partial charge on any atom is -0.279 e. The maximum absolute atomic E-state index is 11.9. The van der Waals surface area contributed by atoms with E-state index in [9.17, 15) is 8.42 Å². The Kier molecular flexibility index (Phi) is 3.32. The molecular weight excluding hydrogens is 282 g/mol. The van der Waals surface area contributed by atoms with Gasteiger partial charge in [0.15, 0.2) is 8.68 Å². The predicted octanol–water partition coefficient (Wildman–Crippen LogP) is 2.30. The van der Waals surface area contributed by atoms with Crippen molar-refractivity contribution in [3.63, 3.8) is 0 Å². The molecule has 0 saturated carbocycles. The number of nitrogens with one attached hydrogen (secondary N) is 1. The number of nitrogens with zero attached hydrogens (tertiary/aromatic N) is 2. The molecule has 0 saturated heterocycles. The highest BCUT2D eigenvalue weighted by molar-refractivity contribution is 7.94. The van der Waals surface area contributed by atoms with Crippen LogP contribution in [0.25, 0.3) is 0 Å². The standard InChI is InChI=1S/C9H8ClN3O2S2/c1-6-4-11-3-2-7(6)13-17(14,15)8-5-12-9(10)16-8/h2-5H,1H3,(H,11,13). The SMILES string of the molecule is Cc1cnccc1NS(=O)(=O)c1cnc(Cl)s1. The van der Waals surface area contributed by atoms with Crippen molar-refractivity contribution in [2.24, 2.45) is 0 Å². The van der Waals surface area contributed by atoms with E-state index in [1.165, 1.54) is 12.4 Å². The topological polar surface area (TPSA) is 72.0 Å². The number of pyridine rings is 1. The summed E-state index contributed by atoms with van der Waals surface area (Å²) in [5.74, 6) is 0. The maximum atomic E-state index is 11.9. The highest BCUT2D eigenvalue weighted by Crippen LogP contribution is 2.25. The van der Waals surface area contributed by atoms with Crippen LogP contribution in [0, 0.1) is 6.92 Å². The Hall–Kier alpha value is -1.18. The largest absolute Gasteiger partial charge is 0.279 e. The van der Waals surface area contributed by atoms with E-state index in [1.807, 2.05) is 0 Å². The highest BCUT2D eigenvalue weighted by atomic mass is 35.5. The number of rotatable bonds is 3. The van der Waals surface area contributed by atoms with Gasteiger partial charge in [-0.05, 0) is 18.6 Å². The van der Waals surface area contributed by atoms with E-state index in [1.54, 1.807) is 19.2 Å². The Bertz CT molecular complexity index is 639. The van der Waals surface area contributed by atoms with E-state index >= 15 is 0 Å². The molecule has 0 amide bonds. The van der Waals surface area contributed by atoms with Crippen molar-refractivity contribution in [3.05, 3.63) is 34.7 Å². The second-order valence-electron chi connectivity index (χ2n) is 3.23. The van der Waals surface area contributed by atoms with Gasteiger partial charge in [0, 0.05) is 12.4 Å². The molecule has 0 radical (unpaired) electrons. The van der Waals surface area contributed by atoms with Gasteiger partial charge in [-0.1, -0.05) is 22.9 Å². The lowest BCUT2D eigenvalue weighted by Gasteiger charge is -2.07. The van der Waals surface area contributed by atoms with Crippen molar-refractivity contribution >= 4 is 38.6 Å². The van der Waals surface area contributed by atoms with Crippen molar-refractivity contribution in [3.8, 4) is 0 Å². The van der Waals surface area contributed by atoms with Crippen LogP contribution in [0.2, 0.25) is 4.47 Å². The summed E-state index contributed by atoms with van der Waals surface area (Å²) in [5, 5.41) is 0. The lowest BCUT2D eigenvalue weighted by molar-refractivity contribution is 0.603. The van der Waals surface area contributed by atoms with E-state index < -0.39 is 10.0 Å². The summed E-state index contributed by atoms with van der Waals surface area (Å²) in [7, 11) is -3.62. The van der Waals surface area contributed by atoms with Crippen LogP contribution in [0.5, 0.6) is 0 Å². The summed E-state index contributed by atoms with van der Waals surface area (Å²) in [6.07, 6.45) is 4.33. The van der Waals surface area contributed by atoms with Gasteiger partial charge in [-0.3, -0.25) is 9.71 Å². The summed E-state index contributed by atoms with van der Waals surface area (Å²) >= 11 is 6.51. The molecule has 0 aliphatic carbocycles. The van der Waals surface area contributed by atoms with Crippen molar-refractivity contribution in [1.29, 1.82) is 0 Å². The molecule has 2 aromatic heterocycles. The monoisotopic (exact) mass is 289 g/mol. The number of aromatic nitrogens is 2. The number of thiazole rings is 1. The third kappa shape index (κ3) is 2.74. The van der Waals surface area contributed by atoms with E-state index in [-0.39, 0.29) is 8.68 Å². The van der Waals surface area contributed by atoms with Gasteiger partial charge in [0.25, 0.3) is 10.0 Å². The Labute approximate surface area is 108 Å². The molecule has 0 fully saturated rings. The molecule has 1 N–H and O–H groups in total. The number of aryl methyl sites for hydroxylation is 1. The first kappa shape index (κ1) is 12.3. The number of hydrogen-bond acceptors (Lipinski definition) is 5. The van der Waals surface area contributed by atoms with Crippen LogP contribution in [0.3, 0.4) is 0 Å². The van der Waals surface area contributed by atoms with Crippen LogP contribution in [0.15, 0.2) is 28.9 Å². The third-order valence-corrected chi connectivity index (χ3v) is 4.93. The lowest BCUT2D eigenvalue weighted by atomic mass is 10.3. The molecule has 0 aliphatic rings. The molecule has 0 spiro atoms. The van der Waals surface area contributed by atoms with Crippen LogP contribution < -0.4 is 4.72 Å². The van der Waals surface area contributed by atoms with Crippen LogP contribution in [0.4, 0.5) is 5.69 Å². The summed E-state index contributed by atoms with van der Waals surface area (Å²) < 4.78 is 26.6. The average Bonchev–Trinajstić information content (AvgIpc) is 2.69. The van der Waals surface area contributed by atoms with E-state index in [0.717, 1.165) is 16.9 Å². The van der Waals surface area contributed by atoms with Gasteiger partial charge >= 0.3 is 0 Å². The summed E-state index contributed by atoms with van der Waals surface area (Å²) in [6, 6.07) is 1.59. The molecule has 0 aromatic carbocycles. The van der Waals surface area contributed by atoms with Crippen molar-refractivity contribution in [1.82, 2.24) is 9.97 Å². The molecule has 0 bridgehead atoms. The molecule has 2 aromatic rings. The second kappa shape index (κ2) is 4.59. The fourth-order valence-electron chi connectivity index (χ4n) is 1.15. The van der Waals surface area contributed by atoms with Gasteiger partial charge in [-0.2, -0.15) is 0 Å². The zero-order valence-corrected chi connectivity index (χ0v) is 11.1. The van der Waals surface area contributed by atoms with Gasteiger partial charge in [0.2, 0.25) is 0 Å². The van der Waals surface area contributed by atoms with E-state index in [4.69, 9.17) is 11.6 Å². The average molecular weight is 290 g/mol. The number of halogens is 1. The highest BCUT2D eigenvalue weighted by Gasteiger charge is 2.18. The fraction of sp³-hybridized carbons (Fsp3) is 0.111. The minimum atomic E-state index is -3.62. The molecule has 0 unspecified atom stereocenters. The molecule has 90 valence electrons. The second-order valence-corrected chi connectivity index (χ2v) is 6.75. The quantitative estimate of drug-likeness (QED) is 0.941. The summed E-state index contributed by atoms with van der Waals surface area (Å²) in [6.45, 7) is 1.77. The van der Waals surface area contributed by atoms with E-state index in [0.29, 0.717) is 5.69 Å². The molecule has 0 atom stereocenters. The van der Waals surface area contributed by atoms with Crippen molar-refractivity contribution in [2.75, 3.05) is 4.72 Å². The Balaban J connectivity index is 2.33. The van der Waals surface area contributed by atoms with Crippen LogP contribution in [-0.4, -0.2) is 18.4 Å². The normalized spacial score (nSPS) is 11.4. The van der Waals surface area contributed by atoms with Gasteiger partial charge in [0.1, 0.15) is 0 Å². The maximum Gasteiger partial charge on any atom is 0.273 e. The van der Waals surface area contributed by atoms with Gasteiger partial charge < -0.3 is 0 Å². The zero-order chi connectivity index (χ0) is 12.5. The molecule has 2 heterocycles. The first-order valence-corrected chi connectivity index (χ1v) is 7.21. The smallest absolute Gasteiger partial charge is 0.273 e.